The van der Waals surface area contributed by atoms with Crippen molar-refractivity contribution in [3.8, 4) is 0 Å². The van der Waals surface area contributed by atoms with Crippen LogP contribution in [0.2, 0.25) is 0 Å². The minimum Gasteiger partial charge on any atom is -0.284 e. The van der Waals surface area contributed by atoms with Gasteiger partial charge in [-0.2, -0.15) is 5.10 Å². The molecule has 0 atom stereocenters. The molecule has 3 heterocycles. The first-order valence-corrected chi connectivity index (χ1v) is 12.9. The molecule has 8 heteroatoms. The van der Waals surface area contributed by atoms with Gasteiger partial charge in [0.15, 0.2) is 5.16 Å². The van der Waals surface area contributed by atoms with Crippen LogP contribution in [0.15, 0.2) is 45.4 Å². The fourth-order valence-electron chi connectivity index (χ4n) is 4.55. The van der Waals surface area contributed by atoms with Crippen molar-refractivity contribution in [3.05, 3.63) is 56.7 Å². The zero-order chi connectivity index (χ0) is 22.2. The Hall–Kier alpha value is -2.45. The second-order valence-electron chi connectivity index (χ2n) is 8.44. The number of fused-ring (bicyclic) bond motifs is 1. The second kappa shape index (κ2) is 8.83. The van der Waals surface area contributed by atoms with Crippen molar-refractivity contribution in [1.82, 2.24) is 14.6 Å². The predicted octanol–water partition coefficient (Wildman–Crippen LogP) is 4.92. The molecule has 6 nitrogen and oxygen atoms in total. The molecular weight excluding hydrogens is 440 g/mol. The third-order valence-electron chi connectivity index (χ3n) is 6.41. The number of hydrogen-bond donors (Lipinski definition) is 0. The monoisotopic (exact) mass is 466 g/mol. The summed E-state index contributed by atoms with van der Waals surface area (Å²) >= 11 is 2.93. The van der Waals surface area contributed by atoms with Crippen molar-refractivity contribution in [2.24, 2.45) is 5.10 Å². The maximum Gasteiger partial charge on any atom is 0.263 e. The maximum absolute atomic E-state index is 13.5. The van der Waals surface area contributed by atoms with Gasteiger partial charge in [-0.05, 0) is 37.8 Å². The molecule has 2 aromatic heterocycles. The number of amides is 1. The van der Waals surface area contributed by atoms with E-state index in [1.165, 1.54) is 11.8 Å². The van der Waals surface area contributed by atoms with Crippen molar-refractivity contribution < 1.29 is 4.79 Å². The number of carbonyl (C=O) groups is 1. The van der Waals surface area contributed by atoms with Crippen LogP contribution in [0.1, 0.15) is 54.1 Å². The summed E-state index contributed by atoms with van der Waals surface area (Å²) in [5.74, 6) is 0.173. The molecule has 0 bridgehead atoms. The molecule has 0 radical (unpaired) electrons. The van der Waals surface area contributed by atoms with Crippen molar-refractivity contribution >= 4 is 44.9 Å². The summed E-state index contributed by atoms with van der Waals surface area (Å²) in [7, 11) is 0. The Kier molecular flexibility index (Phi) is 5.90. The van der Waals surface area contributed by atoms with Crippen LogP contribution in [-0.4, -0.2) is 38.5 Å². The van der Waals surface area contributed by atoms with Crippen LogP contribution in [0.4, 0.5) is 0 Å². The Balaban J connectivity index is 1.40. The molecule has 166 valence electrons. The van der Waals surface area contributed by atoms with Crippen LogP contribution < -0.4 is 5.56 Å². The quantitative estimate of drug-likeness (QED) is 0.395. The summed E-state index contributed by atoms with van der Waals surface area (Å²) < 4.78 is 1.87. The lowest BCUT2D eigenvalue weighted by Crippen LogP contribution is -2.28. The van der Waals surface area contributed by atoms with E-state index in [1.54, 1.807) is 16.3 Å². The number of rotatable bonds is 5. The maximum atomic E-state index is 13.5. The van der Waals surface area contributed by atoms with Gasteiger partial charge in [0.1, 0.15) is 4.83 Å². The number of aryl methyl sites for hydroxylation is 2. The second-order valence-corrected chi connectivity index (χ2v) is 10.6. The van der Waals surface area contributed by atoms with Crippen LogP contribution >= 0.6 is 23.1 Å². The van der Waals surface area contributed by atoms with E-state index < -0.39 is 0 Å². The van der Waals surface area contributed by atoms with Gasteiger partial charge >= 0.3 is 0 Å². The van der Waals surface area contributed by atoms with Gasteiger partial charge in [-0.25, -0.2) is 9.99 Å². The Morgan fingerprint density at radius 2 is 1.94 bits per heavy atom. The molecule has 1 amide bonds. The number of benzene rings is 1. The number of hydrazone groups is 1. The fourth-order valence-corrected chi connectivity index (χ4v) is 6.55. The first-order valence-electron chi connectivity index (χ1n) is 11.1. The number of aromatic nitrogens is 2. The largest absolute Gasteiger partial charge is 0.284 e. The highest BCUT2D eigenvalue weighted by atomic mass is 32.2. The van der Waals surface area contributed by atoms with E-state index in [0.717, 1.165) is 64.0 Å². The van der Waals surface area contributed by atoms with Gasteiger partial charge in [0, 0.05) is 17.3 Å². The molecule has 0 N–H and O–H groups in total. The number of thiophene rings is 1. The van der Waals surface area contributed by atoms with Crippen LogP contribution in [-0.2, 0) is 4.79 Å². The molecule has 1 aromatic carbocycles. The standard InChI is InChI=1S/C24H26N4O2S2/c1-15-16(2)32-22-21(15)23(30)28(18-10-6-7-11-18)24(25-22)31-14-20(29)27-13-12-19(26-27)17-8-4-3-5-9-17/h3-5,8-9,18H,6-7,10-14H2,1-2H3. The van der Waals surface area contributed by atoms with E-state index in [9.17, 15) is 9.59 Å². The van der Waals surface area contributed by atoms with Crippen LogP contribution in [0, 0.1) is 13.8 Å². The number of thioether (sulfide) groups is 1. The van der Waals surface area contributed by atoms with Crippen LogP contribution in [0.5, 0.6) is 0 Å². The normalized spacial score (nSPS) is 16.8. The summed E-state index contributed by atoms with van der Waals surface area (Å²) in [6.45, 7) is 4.63. The van der Waals surface area contributed by atoms with E-state index in [4.69, 9.17) is 4.98 Å². The SMILES string of the molecule is Cc1sc2nc(SCC(=O)N3CCC(c4ccccc4)=N3)n(C3CCCC3)c(=O)c2c1C. The van der Waals surface area contributed by atoms with E-state index in [2.05, 4.69) is 5.10 Å². The molecule has 1 aliphatic carbocycles. The van der Waals surface area contributed by atoms with Crippen molar-refractivity contribution in [1.29, 1.82) is 0 Å². The average Bonchev–Trinajstić information content (AvgIpc) is 3.54. The third kappa shape index (κ3) is 3.90. The lowest BCUT2D eigenvalue weighted by atomic mass is 10.1. The van der Waals surface area contributed by atoms with Crippen LogP contribution in [0.25, 0.3) is 10.2 Å². The number of hydrogen-bond acceptors (Lipinski definition) is 6. The molecule has 0 spiro atoms. The smallest absolute Gasteiger partial charge is 0.263 e. The molecule has 3 aromatic rings. The van der Waals surface area contributed by atoms with Gasteiger partial charge in [0.2, 0.25) is 0 Å². The lowest BCUT2D eigenvalue weighted by molar-refractivity contribution is -0.127. The van der Waals surface area contributed by atoms with Gasteiger partial charge in [-0.3, -0.25) is 14.2 Å². The Morgan fingerprint density at radius 3 is 2.69 bits per heavy atom. The summed E-state index contributed by atoms with van der Waals surface area (Å²) in [5.41, 5.74) is 3.07. The molecular formula is C24H26N4O2S2. The summed E-state index contributed by atoms with van der Waals surface area (Å²) in [5, 5.41) is 7.52. The highest BCUT2D eigenvalue weighted by Crippen LogP contribution is 2.34. The van der Waals surface area contributed by atoms with Crippen molar-refractivity contribution in [3.63, 3.8) is 0 Å². The van der Waals surface area contributed by atoms with E-state index in [1.807, 2.05) is 48.7 Å². The number of carbonyl (C=O) groups excluding carboxylic acids is 1. The summed E-state index contributed by atoms with van der Waals surface area (Å²) in [4.78, 5) is 33.2. The van der Waals surface area contributed by atoms with Crippen LogP contribution in [0.3, 0.4) is 0 Å². The Morgan fingerprint density at radius 1 is 1.19 bits per heavy atom. The average molecular weight is 467 g/mol. The summed E-state index contributed by atoms with van der Waals surface area (Å²) in [6, 6.07) is 10.2. The van der Waals surface area contributed by atoms with Gasteiger partial charge in [0.05, 0.1) is 23.4 Å². The van der Waals surface area contributed by atoms with Crippen molar-refractivity contribution in [2.45, 2.75) is 57.1 Å². The Bertz CT molecular complexity index is 1260. The van der Waals surface area contributed by atoms with Gasteiger partial charge in [-0.15, -0.1) is 11.3 Å². The minimum absolute atomic E-state index is 0.0456. The van der Waals surface area contributed by atoms with Gasteiger partial charge in [0.25, 0.3) is 11.5 Å². The molecule has 0 unspecified atom stereocenters. The lowest BCUT2D eigenvalue weighted by Gasteiger charge is -2.18. The predicted molar refractivity (Wildman–Crippen MR) is 131 cm³/mol. The van der Waals surface area contributed by atoms with Gasteiger partial charge < -0.3 is 0 Å². The molecule has 1 aliphatic heterocycles. The third-order valence-corrected chi connectivity index (χ3v) is 8.45. The molecule has 0 saturated heterocycles. The van der Waals surface area contributed by atoms with Crippen molar-refractivity contribution in [2.75, 3.05) is 12.3 Å². The van der Waals surface area contributed by atoms with E-state index in [-0.39, 0.29) is 23.3 Å². The van der Waals surface area contributed by atoms with E-state index in [0.29, 0.717) is 11.7 Å². The molecule has 2 aliphatic rings. The highest BCUT2D eigenvalue weighted by Gasteiger charge is 2.27. The molecule has 5 rings (SSSR count). The molecule has 32 heavy (non-hydrogen) atoms. The van der Waals surface area contributed by atoms with E-state index >= 15 is 0 Å². The minimum atomic E-state index is -0.0493. The summed E-state index contributed by atoms with van der Waals surface area (Å²) in [6.07, 6.45) is 5.00. The zero-order valence-corrected chi connectivity index (χ0v) is 20.0. The van der Waals surface area contributed by atoms with Gasteiger partial charge in [-0.1, -0.05) is 54.9 Å². The zero-order valence-electron chi connectivity index (χ0n) is 18.3. The fraction of sp³-hybridized carbons (Fsp3) is 0.417. The first kappa shape index (κ1) is 21.4. The molecule has 1 saturated carbocycles. The first-order chi connectivity index (χ1) is 15.5. The Labute approximate surface area is 195 Å². The number of nitrogens with zero attached hydrogens (tertiary/aromatic N) is 4. The highest BCUT2D eigenvalue weighted by molar-refractivity contribution is 7.99. The molecule has 1 fully saturated rings. The topological polar surface area (TPSA) is 67.6 Å².